The standard InChI is InChI=1S/C22H32O4/c1-3-5-6-8-21(23)25-19-15-11-18(12-16-19)22(24)26-20-13-9-17(7-4-2)10-14-20/h11-12,15-17,20H,3-10,13-14H2,1-2H3. The van der Waals surface area contributed by atoms with E-state index in [1.165, 1.54) is 12.8 Å². The molecule has 0 aromatic heterocycles. The van der Waals surface area contributed by atoms with E-state index in [1.807, 2.05) is 0 Å². The highest BCUT2D eigenvalue weighted by molar-refractivity contribution is 5.89. The molecule has 1 saturated carbocycles. The first-order valence-electron chi connectivity index (χ1n) is 10.1. The van der Waals surface area contributed by atoms with Crippen LogP contribution in [0.5, 0.6) is 5.75 Å². The molecule has 0 radical (unpaired) electrons. The van der Waals surface area contributed by atoms with Gasteiger partial charge in [-0.1, -0.05) is 39.5 Å². The van der Waals surface area contributed by atoms with Crippen molar-refractivity contribution in [3.8, 4) is 5.75 Å². The molecule has 1 aliphatic rings. The van der Waals surface area contributed by atoms with E-state index < -0.39 is 0 Å². The van der Waals surface area contributed by atoms with Gasteiger partial charge < -0.3 is 9.47 Å². The molecular weight excluding hydrogens is 328 g/mol. The minimum atomic E-state index is -0.287. The van der Waals surface area contributed by atoms with Crippen LogP contribution in [0.1, 0.15) is 88.4 Å². The van der Waals surface area contributed by atoms with Crippen molar-refractivity contribution in [2.75, 3.05) is 0 Å². The van der Waals surface area contributed by atoms with E-state index >= 15 is 0 Å². The largest absolute Gasteiger partial charge is 0.459 e. The van der Waals surface area contributed by atoms with E-state index in [9.17, 15) is 9.59 Å². The Balaban J connectivity index is 1.77. The minimum Gasteiger partial charge on any atom is -0.459 e. The fourth-order valence-electron chi connectivity index (χ4n) is 3.53. The Bertz CT molecular complexity index is 556. The molecule has 144 valence electrons. The highest BCUT2D eigenvalue weighted by Crippen LogP contribution is 2.29. The lowest BCUT2D eigenvalue weighted by molar-refractivity contribution is -0.134. The highest BCUT2D eigenvalue weighted by Gasteiger charge is 2.23. The highest BCUT2D eigenvalue weighted by atomic mass is 16.5. The van der Waals surface area contributed by atoms with E-state index in [0.29, 0.717) is 17.7 Å². The van der Waals surface area contributed by atoms with Gasteiger partial charge in [-0.3, -0.25) is 4.79 Å². The number of esters is 2. The number of hydrogen-bond donors (Lipinski definition) is 0. The maximum atomic E-state index is 12.3. The fraction of sp³-hybridized carbons (Fsp3) is 0.636. The quantitative estimate of drug-likeness (QED) is 0.322. The monoisotopic (exact) mass is 360 g/mol. The first-order chi connectivity index (χ1) is 12.6. The zero-order valence-corrected chi connectivity index (χ0v) is 16.2. The van der Waals surface area contributed by atoms with Gasteiger partial charge in [-0.15, -0.1) is 0 Å². The van der Waals surface area contributed by atoms with E-state index in [1.54, 1.807) is 24.3 Å². The number of hydrogen-bond acceptors (Lipinski definition) is 4. The fourth-order valence-corrected chi connectivity index (χ4v) is 3.53. The lowest BCUT2D eigenvalue weighted by Crippen LogP contribution is -2.24. The van der Waals surface area contributed by atoms with Gasteiger partial charge in [-0.05, 0) is 62.3 Å². The van der Waals surface area contributed by atoms with Crippen LogP contribution in [0, 0.1) is 5.92 Å². The molecule has 4 heteroatoms. The predicted octanol–water partition coefficient (Wildman–Crippen LogP) is 5.69. The van der Waals surface area contributed by atoms with Crippen LogP contribution in [0.2, 0.25) is 0 Å². The molecule has 0 aliphatic heterocycles. The van der Waals surface area contributed by atoms with Crippen molar-refractivity contribution < 1.29 is 19.1 Å². The SMILES string of the molecule is CCCCCC(=O)Oc1ccc(C(=O)OC2CCC(CCC)CC2)cc1. The number of unbranched alkanes of at least 4 members (excludes halogenated alkanes) is 2. The van der Waals surface area contributed by atoms with Crippen LogP contribution >= 0.6 is 0 Å². The topological polar surface area (TPSA) is 52.6 Å². The molecule has 0 saturated heterocycles. The van der Waals surface area contributed by atoms with Gasteiger partial charge >= 0.3 is 11.9 Å². The Kier molecular flexibility index (Phi) is 8.66. The summed E-state index contributed by atoms with van der Waals surface area (Å²) in [5.41, 5.74) is 0.506. The molecule has 1 aliphatic carbocycles. The summed E-state index contributed by atoms with van der Waals surface area (Å²) in [7, 11) is 0. The van der Waals surface area contributed by atoms with Crippen molar-refractivity contribution in [3.63, 3.8) is 0 Å². The molecule has 0 spiro atoms. The number of rotatable bonds is 9. The molecule has 1 fully saturated rings. The van der Waals surface area contributed by atoms with Crippen molar-refractivity contribution in [3.05, 3.63) is 29.8 Å². The van der Waals surface area contributed by atoms with Crippen LogP contribution in [0.25, 0.3) is 0 Å². The van der Waals surface area contributed by atoms with E-state index in [-0.39, 0.29) is 18.0 Å². The molecule has 0 amide bonds. The number of carbonyl (C=O) groups is 2. The summed E-state index contributed by atoms with van der Waals surface area (Å²) in [5, 5.41) is 0. The molecule has 2 rings (SSSR count). The predicted molar refractivity (Wildman–Crippen MR) is 102 cm³/mol. The van der Waals surface area contributed by atoms with Gasteiger partial charge in [0.25, 0.3) is 0 Å². The molecule has 1 aromatic rings. The lowest BCUT2D eigenvalue weighted by Gasteiger charge is -2.28. The van der Waals surface area contributed by atoms with E-state index in [4.69, 9.17) is 9.47 Å². The summed E-state index contributed by atoms with van der Waals surface area (Å²) < 4.78 is 10.9. The van der Waals surface area contributed by atoms with Gasteiger partial charge in [-0.25, -0.2) is 4.79 Å². The van der Waals surface area contributed by atoms with Gasteiger partial charge in [0.2, 0.25) is 0 Å². The van der Waals surface area contributed by atoms with Crippen LogP contribution in [0.15, 0.2) is 24.3 Å². The van der Waals surface area contributed by atoms with Gasteiger partial charge in [0.05, 0.1) is 5.56 Å². The van der Waals surface area contributed by atoms with Crippen molar-refractivity contribution >= 4 is 11.9 Å². The molecule has 0 unspecified atom stereocenters. The maximum Gasteiger partial charge on any atom is 0.338 e. The molecule has 0 heterocycles. The van der Waals surface area contributed by atoms with Crippen LogP contribution in [0.3, 0.4) is 0 Å². The van der Waals surface area contributed by atoms with E-state index in [0.717, 1.165) is 50.9 Å². The normalized spacial score (nSPS) is 19.8. The number of benzene rings is 1. The second-order valence-electron chi connectivity index (χ2n) is 7.29. The Morgan fingerprint density at radius 2 is 1.65 bits per heavy atom. The molecule has 0 atom stereocenters. The van der Waals surface area contributed by atoms with Crippen LogP contribution in [-0.4, -0.2) is 18.0 Å². The maximum absolute atomic E-state index is 12.3. The zero-order valence-electron chi connectivity index (χ0n) is 16.2. The first-order valence-corrected chi connectivity index (χ1v) is 10.1. The Hall–Kier alpha value is -1.84. The Morgan fingerprint density at radius 3 is 2.27 bits per heavy atom. The van der Waals surface area contributed by atoms with Gasteiger partial charge in [0, 0.05) is 6.42 Å². The van der Waals surface area contributed by atoms with Crippen molar-refractivity contribution in [1.82, 2.24) is 0 Å². The summed E-state index contributed by atoms with van der Waals surface area (Å²) >= 11 is 0. The van der Waals surface area contributed by atoms with Gasteiger partial charge in [0.15, 0.2) is 0 Å². The summed E-state index contributed by atoms with van der Waals surface area (Å²) in [6, 6.07) is 6.65. The molecule has 0 bridgehead atoms. The molecule has 4 nitrogen and oxygen atoms in total. The molecule has 1 aromatic carbocycles. The average Bonchev–Trinajstić information content (AvgIpc) is 2.64. The van der Waals surface area contributed by atoms with Crippen LogP contribution < -0.4 is 4.74 Å². The lowest BCUT2D eigenvalue weighted by atomic mass is 9.85. The summed E-state index contributed by atoms with van der Waals surface area (Å²) in [5.74, 6) is 0.756. The average molecular weight is 360 g/mol. The molecule has 0 N–H and O–H groups in total. The molecule has 26 heavy (non-hydrogen) atoms. The van der Waals surface area contributed by atoms with Crippen molar-refractivity contribution in [2.45, 2.75) is 84.2 Å². The number of ether oxygens (including phenoxy) is 2. The van der Waals surface area contributed by atoms with E-state index in [2.05, 4.69) is 13.8 Å². The summed E-state index contributed by atoms with van der Waals surface area (Å²) in [6.45, 7) is 4.32. The summed E-state index contributed by atoms with van der Waals surface area (Å²) in [4.78, 5) is 24.0. The first kappa shape index (κ1) is 20.5. The van der Waals surface area contributed by atoms with Crippen molar-refractivity contribution in [1.29, 1.82) is 0 Å². The zero-order chi connectivity index (χ0) is 18.8. The second-order valence-corrected chi connectivity index (χ2v) is 7.29. The third-order valence-corrected chi connectivity index (χ3v) is 5.07. The van der Waals surface area contributed by atoms with Crippen molar-refractivity contribution in [2.24, 2.45) is 5.92 Å². The number of carbonyl (C=O) groups excluding carboxylic acids is 2. The minimum absolute atomic E-state index is 0.0340. The second kappa shape index (κ2) is 11.0. The Labute approximate surface area is 157 Å². The Morgan fingerprint density at radius 1 is 0.962 bits per heavy atom. The third-order valence-electron chi connectivity index (χ3n) is 5.07. The summed E-state index contributed by atoms with van der Waals surface area (Å²) in [6.07, 6.45) is 10.1. The molecular formula is C22H32O4. The smallest absolute Gasteiger partial charge is 0.338 e. The third kappa shape index (κ3) is 6.81. The van der Waals surface area contributed by atoms with Crippen LogP contribution in [-0.2, 0) is 9.53 Å². The van der Waals surface area contributed by atoms with Gasteiger partial charge in [0.1, 0.15) is 11.9 Å². The van der Waals surface area contributed by atoms with Gasteiger partial charge in [-0.2, -0.15) is 0 Å². The van der Waals surface area contributed by atoms with Crippen LogP contribution in [0.4, 0.5) is 0 Å².